The molecule has 0 spiro atoms. The Labute approximate surface area is 111 Å². The van der Waals surface area contributed by atoms with Gasteiger partial charge in [0.25, 0.3) is 0 Å². The number of nitrogens with one attached hydrogen (secondary N) is 1. The van der Waals surface area contributed by atoms with Crippen molar-refractivity contribution in [1.82, 2.24) is 10.2 Å². The van der Waals surface area contributed by atoms with E-state index >= 15 is 0 Å². The molecule has 0 radical (unpaired) electrons. The molecule has 0 amide bonds. The maximum atomic E-state index is 5.65. The highest BCUT2D eigenvalue weighted by atomic mass is 16.3. The highest BCUT2D eigenvalue weighted by Gasteiger charge is 2.20. The zero-order valence-corrected chi connectivity index (χ0v) is 11.7. The van der Waals surface area contributed by atoms with Gasteiger partial charge in [-0.25, -0.2) is 0 Å². The van der Waals surface area contributed by atoms with Crippen molar-refractivity contribution >= 4 is 0 Å². The van der Waals surface area contributed by atoms with Gasteiger partial charge in [-0.3, -0.25) is 4.90 Å². The first-order valence-electron chi connectivity index (χ1n) is 7.31. The lowest BCUT2D eigenvalue weighted by Crippen LogP contribution is -2.31. The van der Waals surface area contributed by atoms with Gasteiger partial charge in [0, 0.05) is 18.7 Å². The smallest absolute Gasteiger partial charge is 0.118 e. The van der Waals surface area contributed by atoms with Crippen molar-refractivity contribution in [3.05, 3.63) is 23.7 Å². The Kier molecular flexibility index (Phi) is 5.26. The molecule has 1 fully saturated rings. The van der Waals surface area contributed by atoms with Crippen LogP contribution < -0.4 is 5.32 Å². The van der Waals surface area contributed by atoms with Crippen molar-refractivity contribution in [3.63, 3.8) is 0 Å². The van der Waals surface area contributed by atoms with Gasteiger partial charge in [0.05, 0.1) is 12.8 Å². The van der Waals surface area contributed by atoms with E-state index in [2.05, 4.69) is 30.1 Å². The lowest BCUT2D eigenvalue weighted by atomic mass is 9.85. The van der Waals surface area contributed by atoms with Gasteiger partial charge < -0.3 is 9.73 Å². The maximum absolute atomic E-state index is 5.65. The summed E-state index contributed by atoms with van der Waals surface area (Å²) in [7, 11) is 0. The molecule has 3 heteroatoms. The first kappa shape index (κ1) is 13.6. The molecule has 1 aromatic rings. The van der Waals surface area contributed by atoms with Crippen molar-refractivity contribution in [2.75, 3.05) is 19.6 Å². The Bertz CT molecular complexity index is 344. The van der Waals surface area contributed by atoms with Crippen LogP contribution in [0.2, 0.25) is 0 Å². The zero-order chi connectivity index (χ0) is 12.8. The Balaban J connectivity index is 1.80. The largest absolute Gasteiger partial charge is 0.468 e. The number of hydrogen-bond donors (Lipinski definition) is 1. The molecule has 0 atom stereocenters. The summed E-state index contributed by atoms with van der Waals surface area (Å²) in [4.78, 5) is 2.50. The van der Waals surface area contributed by atoms with Gasteiger partial charge in [-0.1, -0.05) is 20.3 Å². The fourth-order valence-electron chi connectivity index (χ4n) is 2.44. The van der Waals surface area contributed by atoms with Crippen LogP contribution in [0.25, 0.3) is 0 Å². The molecule has 0 unspecified atom stereocenters. The summed E-state index contributed by atoms with van der Waals surface area (Å²) in [6, 6.07) is 2.19. The van der Waals surface area contributed by atoms with Gasteiger partial charge >= 0.3 is 0 Å². The molecule has 1 aromatic heterocycles. The van der Waals surface area contributed by atoms with E-state index in [0.717, 1.165) is 37.9 Å². The van der Waals surface area contributed by atoms with E-state index in [1.807, 2.05) is 6.26 Å². The predicted octanol–water partition coefficient (Wildman–Crippen LogP) is 3.01. The van der Waals surface area contributed by atoms with Crippen LogP contribution in [-0.2, 0) is 13.1 Å². The fraction of sp³-hybridized carbons (Fsp3) is 0.733. The van der Waals surface area contributed by atoms with E-state index < -0.39 is 0 Å². The number of hydrogen-bond acceptors (Lipinski definition) is 3. The Morgan fingerprint density at radius 1 is 1.39 bits per heavy atom. The monoisotopic (exact) mass is 250 g/mol. The molecule has 1 saturated carbocycles. The molecule has 18 heavy (non-hydrogen) atoms. The molecule has 0 aliphatic heterocycles. The van der Waals surface area contributed by atoms with Gasteiger partial charge in [0.2, 0.25) is 0 Å². The molecular weight excluding hydrogens is 224 g/mol. The van der Waals surface area contributed by atoms with Crippen molar-refractivity contribution in [1.29, 1.82) is 0 Å². The minimum Gasteiger partial charge on any atom is -0.468 e. The third kappa shape index (κ3) is 3.85. The predicted molar refractivity (Wildman–Crippen MR) is 74.4 cm³/mol. The molecule has 0 aromatic carbocycles. The van der Waals surface area contributed by atoms with E-state index in [-0.39, 0.29) is 0 Å². The maximum Gasteiger partial charge on any atom is 0.118 e. The van der Waals surface area contributed by atoms with Crippen LogP contribution in [0.4, 0.5) is 0 Å². The highest BCUT2D eigenvalue weighted by Crippen LogP contribution is 2.27. The first-order valence-corrected chi connectivity index (χ1v) is 7.31. The van der Waals surface area contributed by atoms with Gasteiger partial charge in [-0.05, 0) is 37.9 Å². The normalized spacial score (nSPS) is 16.2. The third-order valence-electron chi connectivity index (χ3n) is 3.85. The number of rotatable bonds is 8. The van der Waals surface area contributed by atoms with Crippen LogP contribution >= 0.6 is 0 Å². The second-order valence-electron chi connectivity index (χ2n) is 5.33. The van der Waals surface area contributed by atoms with Crippen molar-refractivity contribution in [2.24, 2.45) is 5.92 Å². The standard InChI is InChI=1S/C15H26N2O/c1-3-16-9-14-8-15(18-12-14)11-17(4-2)10-13-6-5-7-13/h8,12-13,16H,3-7,9-11H2,1-2H3. The molecule has 1 aliphatic carbocycles. The third-order valence-corrected chi connectivity index (χ3v) is 3.85. The first-order chi connectivity index (χ1) is 8.81. The summed E-state index contributed by atoms with van der Waals surface area (Å²) in [6.07, 6.45) is 6.14. The van der Waals surface area contributed by atoms with Crippen LogP contribution in [0.15, 0.2) is 16.7 Å². The van der Waals surface area contributed by atoms with Crippen LogP contribution in [0.1, 0.15) is 44.4 Å². The Morgan fingerprint density at radius 2 is 2.22 bits per heavy atom. The molecule has 1 N–H and O–H groups in total. The second kappa shape index (κ2) is 6.95. The molecule has 3 nitrogen and oxygen atoms in total. The molecule has 102 valence electrons. The highest BCUT2D eigenvalue weighted by molar-refractivity contribution is 5.12. The molecular formula is C15H26N2O. The molecule has 1 heterocycles. The summed E-state index contributed by atoms with van der Waals surface area (Å²) in [6.45, 7) is 9.58. The van der Waals surface area contributed by atoms with E-state index in [9.17, 15) is 0 Å². The molecule has 2 rings (SSSR count). The Morgan fingerprint density at radius 3 is 2.83 bits per heavy atom. The average molecular weight is 250 g/mol. The minimum atomic E-state index is 0.911. The SMILES string of the molecule is CCNCc1coc(CN(CC)CC2CCC2)c1. The molecule has 1 aliphatic rings. The molecule has 0 bridgehead atoms. The average Bonchev–Trinajstić information content (AvgIpc) is 2.77. The van der Waals surface area contributed by atoms with Crippen LogP contribution in [0, 0.1) is 5.92 Å². The summed E-state index contributed by atoms with van der Waals surface area (Å²) >= 11 is 0. The Hall–Kier alpha value is -0.800. The quantitative estimate of drug-likeness (QED) is 0.769. The topological polar surface area (TPSA) is 28.4 Å². The van der Waals surface area contributed by atoms with E-state index in [4.69, 9.17) is 4.42 Å². The van der Waals surface area contributed by atoms with Gasteiger partial charge in [-0.15, -0.1) is 0 Å². The lowest BCUT2D eigenvalue weighted by molar-refractivity contribution is 0.169. The number of furan rings is 1. The summed E-state index contributed by atoms with van der Waals surface area (Å²) in [5.74, 6) is 2.03. The second-order valence-corrected chi connectivity index (χ2v) is 5.33. The van der Waals surface area contributed by atoms with Gasteiger partial charge in [0.15, 0.2) is 0 Å². The van der Waals surface area contributed by atoms with Gasteiger partial charge in [-0.2, -0.15) is 0 Å². The molecule has 0 saturated heterocycles. The summed E-state index contributed by atoms with van der Waals surface area (Å²) in [5.41, 5.74) is 1.26. The lowest BCUT2D eigenvalue weighted by Gasteiger charge is -2.31. The summed E-state index contributed by atoms with van der Waals surface area (Å²) < 4.78 is 5.65. The van der Waals surface area contributed by atoms with E-state index in [1.165, 1.54) is 31.4 Å². The van der Waals surface area contributed by atoms with Crippen molar-refractivity contribution in [2.45, 2.75) is 46.2 Å². The van der Waals surface area contributed by atoms with E-state index in [1.54, 1.807) is 0 Å². The minimum absolute atomic E-state index is 0.911. The number of nitrogens with zero attached hydrogens (tertiary/aromatic N) is 1. The fourth-order valence-corrected chi connectivity index (χ4v) is 2.44. The van der Waals surface area contributed by atoms with E-state index in [0.29, 0.717) is 0 Å². The van der Waals surface area contributed by atoms with Crippen LogP contribution in [0.3, 0.4) is 0 Å². The van der Waals surface area contributed by atoms with Crippen LogP contribution in [0.5, 0.6) is 0 Å². The van der Waals surface area contributed by atoms with Crippen molar-refractivity contribution < 1.29 is 4.42 Å². The zero-order valence-electron chi connectivity index (χ0n) is 11.7. The van der Waals surface area contributed by atoms with Gasteiger partial charge in [0.1, 0.15) is 5.76 Å². The summed E-state index contributed by atoms with van der Waals surface area (Å²) in [5, 5.41) is 3.32. The van der Waals surface area contributed by atoms with Crippen LogP contribution in [-0.4, -0.2) is 24.5 Å². The van der Waals surface area contributed by atoms with Crippen molar-refractivity contribution in [3.8, 4) is 0 Å².